The van der Waals surface area contributed by atoms with Gasteiger partial charge in [0.1, 0.15) is 5.52 Å². The quantitative estimate of drug-likeness (QED) is 0.545. The Morgan fingerprint density at radius 2 is 1.69 bits per heavy atom. The third-order valence-corrected chi connectivity index (χ3v) is 5.56. The van der Waals surface area contributed by atoms with Crippen LogP contribution in [0.4, 0.5) is 0 Å². The average Bonchev–Trinajstić information content (AvgIpc) is 3.27. The van der Waals surface area contributed by atoms with E-state index in [4.69, 9.17) is 9.97 Å². The Bertz CT molecular complexity index is 1090. The normalized spacial score (nSPS) is 15.6. The molecule has 1 aliphatic heterocycles. The van der Waals surface area contributed by atoms with E-state index in [1.807, 2.05) is 18.2 Å². The molecule has 1 aliphatic rings. The van der Waals surface area contributed by atoms with Crippen LogP contribution in [0.2, 0.25) is 0 Å². The maximum atomic E-state index is 4.98. The van der Waals surface area contributed by atoms with E-state index in [2.05, 4.69) is 40.7 Å². The topological polar surface area (TPSA) is 34.0 Å². The third-order valence-electron chi connectivity index (χ3n) is 5.56. The summed E-state index contributed by atoms with van der Waals surface area (Å²) in [6.45, 7) is 6.83. The lowest BCUT2D eigenvalue weighted by molar-refractivity contribution is 0.327. The summed E-state index contributed by atoms with van der Waals surface area (Å²) in [6.07, 6.45) is 3.86. The highest BCUT2D eigenvalue weighted by Crippen LogP contribution is 2.29. The van der Waals surface area contributed by atoms with E-state index in [9.17, 15) is 0 Å². The molecule has 3 heterocycles. The summed E-state index contributed by atoms with van der Waals surface area (Å²) in [4.78, 5) is 12.5. The van der Waals surface area contributed by atoms with Crippen LogP contribution in [0.1, 0.15) is 24.8 Å². The highest BCUT2D eigenvalue weighted by Gasteiger charge is 2.16. The molecule has 2 aromatic carbocycles. The molecule has 4 nitrogen and oxygen atoms in total. The Kier molecular flexibility index (Phi) is 3.86. The van der Waals surface area contributed by atoms with Gasteiger partial charge in [0.05, 0.1) is 16.6 Å². The monoisotopic (exact) mass is 344 g/mol. The van der Waals surface area contributed by atoms with Crippen molar-refractivity contribution in [2.24, 2.45) is 0 Å². The first-order chi connectivity index (χ1) is 12.8. The van der Waals surface area contributed by atoms with Crippen LogP contribution in [0.3, 0.4) is 0 Å². The van der Waals surface area contributed by atoms with Crippen LogP contribution in [0, 0.1) is 6.92 Å². The van der Waals surface area contributed by atoms with Crippen molar-refractivity contribution in [2.75, 3.05) is 19.6 Å². The van der Waals surface area contributed by atoms with Crippen LogP contribution >= 0.6 is 0 Å². The molecule has 0 saturated carbocycles. The lowest BCUT2D eigenvalue weighted by Crippen LogP contribution is -2.21. The van der Waals surface area contributed by atoms with Gasteiger partial charge in [-0.15, -0.1) is 0 Å². The van der Waals surface area contributed by atoms with Gasteiger partial charge in [0, 0.05) is 11.9 Å². The Balaban J connectivity index is 1.62. The summed E-state index contributed by atoms with van der Waals surface area (Å²) >= 11 is 0. The molecule has 0 spiro atoms. The maximum absolute atomic E-state index is 4.98. The Morgan fingerprint density at radius 3 is 2.50 bits per heavy atom. The molecule has 1 saturated heterocycles. The summed E-state index contributed by atoms with van der Waals surface area (Å²) in [5.74, 6) is 0. The lowest BCUT2D eigenvalue weighted by atomic mass is 10.1. The highest BCUT2D eigenvalue weighted by molar-refractivity contribution is 6.06. The minimum Gasteiger partial charge on any atom is -0.324 e. The zero-order chi connectivity index (χ0) is 17.5. The minimum absolute atomic E-state index is 0.970. The molecular formula is C22H24N4. The zero-order valence-corrected chi connectivity index (χ0v) is 15.3. The molecule has 0 amide bonds. The van der Waals surface area contributed by atoms with Crippen LogP contribution in [0.25, 0.3) is 33.1 Å². The van der Waals surface area contributed by atoms with Crippen molar-refractivity contribution in [1.82, 2.24) is 19.4 Å². The molecule has 4 heteroatoms. The molecule has 4 aromatic rings. The number of hydrogen-bond donors (Lipinski definition) is 0. The first kappa shape index (κ1) is 15.8. The van der Waals surface area contributed by atoms with Crippen LogP contribution in [0.5, 0.6) is 0 Å². The second kappa shape index (κ2) is 6.36. The number of benzene rings is 2. The first-order valence-corrected chi connectivity index (χ1v) is 9.67. The molecule has 0 radical (unpaired) electrons. The van der Waals surface area contributed by atoms with Crippen molar-refractivity contribution in [3.05, 3.63) is 48.0 Å². The van der Waals surface area contributed by atoms with Crippen LogP contribution < -0.4 is 0 Å². The molecule has 26 heavy (non-hydrogen) atoms. The Morgan fingerprint density at radius 1 is 0.923 bits per heavy atom. The van der Waals surface area contributed by atoms with E-state index in [1.165, 1.54) is 48.9 Å². The maximum Gasteiger partial charge on any atom is 0.160 e. The molecule has 0 atom stereocenters. The van der Waals surface area contributed by atoms with Crippen molar-refractivity contribution in [3.63, 3.8) is 0 Å². The Labute approximate surface area is 153 Å². The summed E-state index contributed by atoms with van der Waals surface area (Å²) in [6, 6.07) is 14.8. The van der Waals surface area contributed by atoms with E-state index < -0.39 is 0 Å². The summed E-state index contributed by atoms with van der Waals surface area (Å²) in [5, 5.41) is 1.22. The molecule has 5 rings (SSSR count). The predicted molar refractivity (Wildman–Crippen MR) is 108 cm³/mol. The number of nitrogens with zero attached hydrogens (tertiary/aromatic N) is 4. The SMILES string of the molecule is Cc1ccc2c(c1)c1nc3ccccc3nc1n2CCCN1CCCC1. The molecule has 0 N–H and O–H groups in total. The fourth-order valence-corrected chi connectivity index (χ4v) is 4.23. The number of para-hydroxylation sites is 2. The molecular weight excluding hydrogens is 320 g/mol. The van der Waals surface area contributed by atoms with Gasteiger partial charge < -0.3 is 9.47 Å². The highest BCUT2D eigenvalue weighted by atomic mass is 15.1. The third kappa shape index (κ3) is 2.65. The smallest absolute Gasteiger partial charge is 0.160 e. The largest absolute Gasteiger partial charge is 0.324 e. The average molecular weight is 344 g/mol. The minimum atomic E-state index is 0.970. The van der Waals surface area contributed by atoms with Gasteiger partial charge in [0.25, 0.3) is 0 Å². The summed E-state index contributed by atoms with van der Waals surface area (Å²) in [5.41, 5.74) is 6.51. The van der Waals surface area contributed by atoms with Crippen LogP contribution in [-0.4, -0.2) is 39.1 Å². The van der Waals surface area contributed by atoms with E-state index in [-0.39, 0.29) is 0 Å². The number of aryl methyl sites for hydroxylation is 2. The van der Waals surface area contributed by atoms with Gasteiger partial charge in [0.2, 0.25) is 0 Å². The summed E-state index contributed by atoms with van der Waals surface area (Å²) in [7, 11) is 0. The number of fused-ring (bicyclic) bond motifs is 4. The van der Waals surface area contributed by atoms with Gasteiger partial charge in [-0.2, -0.15) is 0 Å². The molecule has 2 aromatic heterocycles. The number of rotatable bonds is 4. The fourth-order valence-electron chi connectivity index (χ4n) is 4.23. The Hall–Kier alpha value is -2.46. The van der Waals surface area contributed by atoms with E-state index in [0.717, 1.165) is 35.2 Å². The van der Waals surface area contributed by atoms with Gasteiger partial charge in [-0.05, 0) is 70.1 Å². The molecule has 1 fully saturated rings. The zero-order valence-electron chi connectivity index (χ0n) is 15.3. The fraction of sp³-hybridized carbons (Fsp3) is 0.364. The van der Waals surface area contributed by atoms with Gasteiger partial charge in [-0.25, -0.2) is 9.97 Å². The number of likely N-dealkylation sites (tertiary alicyclic amines) is 1. The second-order valence-corrected chi connectivity index (χ2v) is 7.46. The van der Waals surface area contributed by atoms with E-state index in [1.54, 1.807) is 0 Å². The number of aromatic nitrogens is 3. The van der Waals surface area contributed by atoms with Gasteiger partial charge in [-0.1, -0.05) is 23.8 Å². The van der Waals surface area contributed by atoms with Crippen molar-refractivity contribution < 1.29 is 0 Å². The van der Waals surface area contributed by atoms with Gasteiger partial charge >= 0.3 is 0 Å². The van der Waals surface area contributed by atoms with Crippen LogP contribution in [0.15, 0.2) is 42.5 Å². The summed E-state index contributed by atoms with van der Waals surface area (Å²) < 4.78 is 2.37. The lowest BCUT2D eigenvalue weighted by Gasteiger charge is -2.15. The van der Waals surface area contributed by atoms with E-state index in [0.29, 0.717) is 0 Å². The second-order valence-electron chi connectivity index (χ2n) is 7.46. The first-order valence-electron chi connectivity index (χ1n) is 9.67. The van der Waals surface area contributed by atoms with Gasteiger partial charge in [-0.3, -0.25) is 0 Å². The standard InChI is InChI=1S/C22H24N4/c1-16-9-10-20-17(15-16)21-22(24-19-8-3-2-7-18(19)23-21)26(20)14-6-13-25-11-4-5-12-25/h2-3,7-10,15H,4-6,11-14H2,1H3. The molecule has 0 aliphatic carbocycles. The molecule has 132 valence electrons. The molecule has 0 unspecified atom stereocenters. The predicted octanol–water partition coefficient (Wildman–Crippen LogP) is 4.53. The van der Waals surface area contributed by atoms with Crippen molar-refractivity contribution in [2.45, 2.75) is 32.7 Å². The van der Waals surface area contributed by atoms with Crippen molar-refractivity contribution in [1.29, 1.82) is 0 Å². The van der Waals surface area contributed by atoms with Crippen molar-refractivity contribution in [3.8, 4) is 0 Å². The number of hydrogen-bond acceptors (Lipinski definition) is 3. The van der Waals surface area contributed by atoms with Crippen molar-refractivity contribution >= 4 is 33.1 Å². The van der Waals surface area contributed by atoms with Gasteiger partial charge in [0.15, 0.2) is 5.65 Å². The molecule has 0 bridgehead atoms. The van der Waals surface area contributed by atoms with Crippen LogP contribution in [-0.2, 0) is 6.54 Å². The van der Waals surface area contributed by atoms with E-state index >= 15 is 0 Å².